The minimum absolute atomic E-state index is 0.202. The maximum absolute atomic E-state index is 12.5. The van der Waals surface area contributed by atoms with Gasteiger partial charge in [-0.05, 0) is 67.9 Å². The summed E-state index contributed by atoms with van der Waals surface area (Å²) in [7, 11) is -2.19. The number of benzene rings is 2. The smallest absolute Gasteiger partial charge is 0.285 e. The Labute approximate surface area is 153 Å². The molecule has 0 saturated heterocycles. The Morgan fingerprint density at radius 2 is 1.62 bits per heavy atom. The Kier molecular flexibility index (Phi) is 4.99. The van der Waals surface area contributed by atoms with Crippen molar-refractivity contribution in [2.45, 2.75) is 13.8 Å². The lowest BCUT2D eigenvalue weighted by Gasteiger charge is -2.09. The number of rotatable bonds is 5. The van der Waals surface area contributed by atoms with Crippen LogP contribution in [0.15, 0.2) is 58.5 Å². The highest BCUT2D eigenvalue weighted by atomic mass is 32.2. The molecule has 0 amide bonds. The maximum atomic E-state index is 12.5. The van der Waals surface area contributed by atoms with Crippen LogP contribution in [0.25, 0.3) is 4.91 Å². The largest absolute Gasteiger partial charge is 0.497 e. The summed E-state index contributed by atoms with van der Waals surface area (Å²) < 4.78 is 39.5. The normalized spacial score (nSPS) is 15.6. The van der Waals surface area contributed by atoms with Crippen molar-refractivity contribution in [2.24, 2.45) is 4.40 Å². The van der Waals surface area contributed by atoms with Crippen LogP contribution >= 0.6 is 0 Å². The Morgan fingerprint density at radius 3 is 2.19 bits per heavy atom. The van der Waals surface area contributed by atoms with Gasteiger partial charge in [0.15, 0.2) is 0 Å². The minimum Gasteiger partial charge on any atom is -0.497 e. The average molecular weight is 372 g/mol. The van der Waals surface area contributed by atoms with Crippen molar-refractivity contribution in [3.8, 4) is 11.5 Å². The molecule has 1 aliphatic rings. The van der Waals surface area contributed by atoms with Crippen LogP contribution in [0.5, 0.6) is 11.5 Å². The average Bonchev–Trinajstić information content (AvgIpc) is 2.85. The molecule has 0 saturated carbocycles. The summed E-state index contributed by atoms with van der Waals surface area (Å²) in [6.45, 7) is 4.24. The van der Waals surface area contributed by atoms with Gasteiger partial charge < -0.3 is 14.8 Å². The molecule has 1 aliphatic heterocycles. The fourth-order valence-corrected chi connectivity index (χ4v) is 4.13. The van der Waals surface area contributed by atoms with Crippen molar-refractivity contribution in [1.82, 2.24) is 0 Å². The number of hydrogen-bond acceptors (Lipinski definition) is 5. The molecule has 0 fully saturated rings. The SMILES string of the molecule is CCOc1ccc(NC2=NS(=O)(=O)C(c3ccc(OC)cc3)=C2C)cc1. The number of amidine groups is 1. The lowest BCUT2D eigenvalue weighted by atomic mass is 10.1. The van der Waals surface area contributed by atoms with E-state index in [0.717, 1.165) is 11.4 Å². The van der Waals surface area contributed by atoms with Crippen molar-refractivity contribution in [3.05, 3.63) is 59.7 Å². The Bertz CT molecular complexity index is 960. The Morgan fingerprint density at radius 1 is 1.00 bits per heavy atom. The third kappa shape index (κ3) is 3.57. The van der Waals surface area contributed by atoms with Gasteiger partial charge in [-0.15, -0.1) is 4.40 Å². The number of nitrogens with zero attached hydrogens (tertiary/aromatic N) is 1. The van der Waals surface area contributed by atoms with Crippen LogP contribution in [-0.2, 0) is 10.0 Å². The molecule has 1 N–H and O–H groups in total. The van der Waals surface area contributed by atoms with Crippen molar-refractivity contribution >= 4 is 26.5 Å². The van der Waals surface area contributed by atoms with Gasteiger partial charge in [-0.3, -0.25) is 0 Å². The molecule has 7 heteroatoms. The third-order valence-electron chi connectivity index (χ3n) is 3.95. The molecule has 0 unspecified atom stereocenters. The quantitative estimate of drug-likeness (QED) is 0.866. The molecule has 6 nitrogen and oxygen atoms in total. The molecule has 0 aromatic heterocycles. The highest BCUT2D eigenvalue weighted by molar-refractivity contribution is 8.00. The highest BCUT2D eigenvalue weighted by Gasteiger charge is 2.31. The second kappa shape index (κ2) is 7.21. The molecule has 26 heavy (non-hydrogen) atoms. The van der Waals surface area contributed by atoms with E-state index in [0.29, 0.717) is 29.3 Å². The third-order valence-corrected chi connectivity index (χ3v) is 5.43. The van der Waals surface area contributed by atoms with Crippen LogP contribution in [-0.4, -0.2) is 28.0 Å². The van der Waals surface area contributed by atoms with Crippen LogP contribution in [0.2, 0.25) is 0 Å². The Hall–Kier alpha value is -2.80. The molecule has 0 radical (unpaired) electrons. The lowest BCUT2D eigenvalue weighted by Crippen LogP contribution is -2.11. The standard InChI is InChI=1S/C19H20N2O4S/c1-4-25-17-11-7-15(8-12-17)20-19-13(2)18(26(22,23)21-19)14-5-9-16(24-3)10-6-14/h5-12H,4H2,1-3H3,(H,20,21). The molecular formula is C19H20N2O4S. The van der Waals surface area contributed by atoms with Crippen molar-refractivity contribution in [3.63, 3.8) is 0 Å². The summed E-state index contributed by atoms with van der Waals surface area (Å²) in [5, 5.41) is 3.07. The van der Waals surface area contributed by atoms with Crippen molar-refractivity contribution in [1.29, 1.82) is 0 Å². The predicted molar refractivity (Wildman–Crippen MR) is 103 cm³/mol. The summed E-state index contributed by atoms with van der Waals surface area (Å²) in [5.74, 6) is 1.74. The first-order valence-electron chi connectivity index (χ1n) is 8.15. The summed E-state index contributed by atoms with van der Waals surface area (Å²) in [6.07, 6.45) is 0. The zero-order valence-corrected chi connectivity index (χ0v) is 15.6. The molecule has 136 valence electrons. The molecule has 0 atom stereocenters. The van der Waals surface area contributed by atoms with Gasteiger partial charge in [0.1, 0.15) is 22.2 Å². The number of anilines is 1. The monoisotopic (exact) mass is 372 g/mol. The lowest BCUT2D eigenvalue weighted by molar-refractivity contribution is 0.340. The van der Waals surface area contributed by atoms with Gasteiger partial charge in [0.25, 0.3) is 10.0 Å². The topological polar surface area (TPSA) is 77.0 Å². The number of nitrogens with one attached hydrogen (secondary N) is 1. The van der Waals surface area contributed by atoms with E-state index in [2.05, 4.69) is 9.71 Å². The van der Waals surface area contributed by atoms with Gasteiger partial charge in [-0.1, -0.05) is 0 Å². The Balaban J connectivity index is 1.89. The van der Waals surface area contributed by atoms with Gasteiger partial charge >= 0.3 is 0 Å². The fraction of sp³-hybridized carbons (Fsp3) is 0.211. The summed E-state index contributed by atoms with van der Waals surface area (Å²) >= 11 is 0. The van der Waals surface area contributed by atoms with Gasteiger partial charge in [0, 0.05) is 11.3 Å². The highest BCUT2D eigenvalue weighted by Crippen LogP contribution is 2.33. The molecule has 3 rings (SSSR count). The first-order valence-corrected chi connectivity index (χ1v) is 9.59. The van der Waals surface area contributed by atoms with Crippen LogP contribution in [0.1, 0.15) is 19.4 Å². The van der Waals surface area contributed by atoms with Crippen LogP contribution in [0.3, 0.4) is 0 Å². The first kappa shape index (κ1) is 18.0. The van der Waals surface area contributed by atoms with E-state index in [1.807, 2.05) is 31.2 Å². The molecule has 2 aromatic carbocycles. The van der Waals surface area contributed by atoms with E-state index in [1.54, 1.807) is 38.3 Å². The molecule has 2 aromatic rings. The zero-order chi connectivity index (χ0) is 18.7. The fourth-order valence-electron chi connectivity index (χ4n) is 2.70. The zero-order valence-electron chi connectivity index (χ0n) is 14.8. The van der Waals surface area contributed by atoms with E-state index in [4.69, 9.17) is 9.47 Å². The first-order chi connectivity index (χ1) is 12.4. The van der Waals surface area contributed by atoms with Gasteiger partial charge in [0.05, 0.1) is 13.7 Å². The molecule has 0 spiro atoms. The molecule has 1 heterocycles. The number of ether oxygens (including phenoxy) is 2. The molecular weight excluding hydrogens is 352 g/mol. The second-order valence-corrected chi connectivity index (χ2v) is 7.22. The van der Waals surface area contributed by atoms with E-state index >= 15 is 0 Å². The van der Waals surface area contributed by atoms with E-state index in [1.165, 1.54) is 0 Å². The van der Waals surface area contributed by atoms with E-state index < -0.39 is 10.0 Å². The van der Waals surface area contributed by atoms with E-state index in [-0.39, 0.29) is 4.91 Å². The van der Waals surface area contributed by atoms with Crippen molar-refractivity contribution in [2.75, 3.05) is 19.0 Å². The van der Waals surface area contributed by atoms with E-state index in [9.17, 15) is 8.42 Å². The molecule has 0 bridgehead atoms. The maximum Gasteiger partial charge on any atom is 0.285 e. The van der Waals surface area contributed by atoms with Crippen molar-refractivity contribution < 1.29 is 17.9 Å². The van der Waals surface area contributed by atoms with Crippen LogP contribution in [0.4, 0.5) is 5.69 Å². The minimum atomic E-state index is -3.76. The van der Waals surface area contributed by atoms with Gasteiger partial charge in [-0.25, -0.2) is 0 Å². The van der Waals surface area contributed by atoms with Crippen LogP contribution < -0.4 is 14.8 Å². The number of methoxy groups -OCH3 is 1. The van der Waals surface area contributed by atoms with Crippen LogP contribution in [0, 0.1) is 0 Å². The predicted octanol–water partition coefficient (Wildman–Crippen LogP) is 3.68. The summed E-state index contributed by atoms with van der Waals surface area (Å²) in [6, 6.07) is 14.2. The van der Waals surface area contributed by atoms with Gasteiger partial charge in [-0.2, -0.15) is 8.42 Å². The number of sulfonamides is 1. The molecule has 0 aliphatic carbocycles. The van der Waals surface area contributed by atoms with Gasteiger partial charge in [0.2, 0.25) is 0 Å². The summed E-state index contributed by atoms with van der Waals surface area (Å²) in [4.78, 5) is 0.202. The second-order valence-electron chi connectivity index (χ2n) is 5.68. The number of hydrogen-bond donors (Lipinski definition) is 1. The summed E-state index contributed by atoms with van der Waals surface area (Å²) in [5.41, 5.74) is 1.89.